The molecule has 0 saturated heterocycles. The highest BCUT2D eigenvalue weighted by Gasteiger charge is 2.27. The Morgan fingerprint density at radius 2 is 1.77 bits per heavy atom. The largest absolute Gasteiger partial charge is 0.394 e. The Morgan fingerprint density at radius 1 is 0.977 bits per heavy atom. The van der Waals surface area contributed by atoms with E-state index in [2.05, 4.69) is 31.0 Å². The van der Waals surface area contributed by atoms with Crippen LogP contribution in [0.3, 0.4) is 0 Å². The van der Waals surface area contributed by atoms with E-state index in [4.69, 9.17) is 5.73 Å². The van der Waals surface area contributed by atoms with Gasteiger partial charge in [0.15, 0.2) is 11.4 Å². The number of benzene rings is 2. The molecule has 43 heavy (non-hydrogen) atoms. The summed E-state index contributed by atoms with van der Waals surface area (Å²) in [5.74, 6) is -1.39. The number of amides is 2. The molecule has 13 nitrogen and oxygen atoms in total. The number of hydrogen-bond donors (Lipinski definition) is 4. The van der Waals surface area contributed by atoms with Gasteiger partial charge in [0.25, 0.3) is 22.7 Å². The van der Waals surface area contributed by atoms with Gasteiger partial charge in [0.1, 0.15) is 11.4 Å². The molecular formula is C30H26N8O5. The molecule has 6 rings (SSSR count). The van der Waals surface area contributed by atoms with Gasteiger partial charge in [-0.1, -0.05) is 36.4 Å². The number of Topliss-reactive ketones (excluding diaryl/α,β-unsaturated/α-hetero) is 1. The lowest BCUT2D eigenvalue weighted by molar-refractivity contribution is 0.0921. The number of nitrogens with zero attached hydrogens (tertiary/aromatic N) is 4. The molecule has 1 aliphatic rings. The highest BCUT2D eigenvalue weighted by atomic mass is 16.2. The Balaban J connectivity index is 1.14. The van der Waals surface area contributed by atoms with Gasteiger partial charge in [0.2, 0.25) is 11.6 Å². The molecule has 0 saturated carbocycles. The number of aromatic nitrogens is 4. The number of fused-ring (bicyclic) bond motifs is 2. The van der Waals surface area contributed by atoms with Crippen molar-refractivity contribution in [3.8, 4) is 0 Å². The fourth-order valence-electron chi connectivity index (χ4n) is 5.17. The third kappa shape index (κ3) is 5.23. The minimum Gasteiger partial charge on any atom is -0.394 e. The maximum absolute atomic E-state index is 13.2. The zero-order chi connectivity index (χ0) is 30.2. The van der Waals surface area contributed by atoms with Crippen LogP contribution in [0, 0.1) is 0 Å². The topological polar surface area (TPSA) is 191 Å². The predicted octanol–water partition coefficient (Wildman–Crippen LogP) is 1.46. The van der Waals surface area contributed by atoms with E-state index in [0.29, 0.717) is 12.0 Å². The lowest BCUT2D eigenvalue weighted by atomic mass is 10.0. The van der Waals surface area contributed by atoms with Crippen molar-refractivity contribution in [3.63, 3.8) is 0 Å². The summed E-state index contributed by atoms with van der Waals surface area (Å²) >= 11 is 0. The maximum Gasteiger partial charge on any atom is 0.289 e. The van der Waals surface area contributed by atoms with Crippen LogP contribution < -0.4 is 32.5 Å². The lowest BCUT2D eigenvalue weighted by Crippen LogP contribution is -2.36. The second-order valence-electron chi connectivity index (χ2n) is 10.3. The monoisotopic (exact) mass is 578 g/mol. The molecule has 5 aromatic rings. The normalized spacial score (nSPS) is 14.0. The number of aryl methyl sites for hydroxylation is 1. The van der Waals surface area contributed by atoms with E-state index in [1.165, 1.54) is 17.6 Å². The summed E-state index contributed by atoms with van der Waals surface area (Å²) in [5, 5.41) is 12.8. The number of nitrogen functional groups attached to an aromatic ring is 1. The summed E-state index contributed by atoms with van der Waals surface area (Å²) in [5.41, 5.74) is 8.70. The average molecular weight is 579 g/mol. The van der Waals surface area contributed by atoms with E-state index in [1.54, 1.807) is 18.2 Å². The molecule has 0 unspecified atom stereocenters. The van der Waals surface area contributed by atoms with Gasteiger partial charge >= 0.3 is 0 Å². The van der Waals surface area contributed by atoms with Crippen LogP contribution in [0.4, 0.5) is 11.4 Å². The minimum absolute atomic E-state index is 0.0165. The van der Waals surface area contributed by atoms with Gasteiger partial charge < -0.3 is 21.7 Å². The first-order chi connectivity index (χ1) is 20.7. The first kappa shape index (κ1) is 27.4. The van der Waals surface area contributed by atoms with Crippen molar-refractivity contribution in [3.05, 3.63) is 115 Å². The number of anilines is 2. The molecule has 1 aliphatic carbocycles. The number of nitrogens with two attached hydrogens (primary N) is 1. The van der Waals surface area contributed by atoms with Gasteiger partial charge in [-0.2, -0.15) is 14.6 Å². The summed E-state index contributed by atoms with van der Waals surface area (Å²) in [6.45, 7) is 1.92. The number of carbonyl (C=O) groups excluding carboxylic acids is 3. The molecule has 2 aromatic heterocycles. The molecule has 3 aromatic carbocycles. The van der Waals surface area contributed by atoms with Crippen LogP contribution in [0.1, 0.15) is 73.2 Å². The Hall–Kier alpha value is -5.72. The predicted molar refractivity (Wildman–Crippen MR) is 156 cm³/mol. The van der Waals surface area contributed by atoms with E-state index in [1.807, 2.05) is 30.3 Å². The zero-order valence-corrected chi connectivity index (χ0v) is 23.0. The first-order valence-electron chi connectivity index (χ1n) is 13.5. The van der Waals surface area contributed by atoms with E-state index in [-0.39, 0.29) is 53.6 Å². The van der Waals surface area contributed by atoms with E-state index >= 15 is 0 Å². The van der Waals surface area contributed by atoms with Crippen LogP contribution in [0.2, 0.25) is 0 Å². The highest BCUT2D eigenvalue weighted by molar-refractivity contribution is 5.96. The molecule has 0 bridgehead atoms. The van der Waals surface area contributed by atoms with Crippen molar-refractivity contribution in [1.82, 2.24) is 30.2 Å². The Bertz CT molecular complexity index is 2010. The molecule has 2 amide bonds. The van der Waals surface area contributed by atoms with Crippen LogP contribution in [-0.2, 0) is 19.5 Å². The molecule has 0 fully saturated rings. The third-order valence-electron chi connectivity index (χ3n) is 7.46. The second kappa shape index (κ2) is 10.9. The third-order valence-corrected chi connectivity index (χ3v) is 7.46. The van der Waals surface area contributed by atoms with E-state index < -0.39 is 22.7 Å². The molecule has 216 valence electrons. The van der Waals surface area contributed by atoms with E-state index in [0.717, 1.165) is 28.7 Å². The molecule has 2 heterocycles. The van der Waals surface area contributed by atoms with Crippen molar-refractivity contribution < 1.29 is 14.4 Å². The van der Waals surface area contributed by atoms with Gasteiger partial charge in [-0.15, -0.1) is 0 Å². The molecule has 5 N–H and O–H groups in total. The summed E-state index contributed by atoms with van der Waals surface area (Å²) in [4.78, 5) is 69.7. The van der Waals surface area contributed by atoms with Crippen LogP contribution in [0.25, 0.3) is 5.65 Å². The Kier molecular flexibility index (Phi) is 6.98. The molecular weight excluding hydrogens is 552 g/mol. The number of carbonyl (C=O) groups is 3. The van der Waals surface area contributed by atoms with Gasteiger partial charge in [-0.3, -0.25) is 24.0 Å². The molecule has 0 spiro atoms. The van der Waals surface area contributed by atoms with Crippen LogP contribution in [-0.4, -0.2) is 37.2 Å². The van der Waals surface area contributed by atoms with Gasteiger partial charge in [-0.25, -0.2) is 4.98 Å². The standard InChI is InChI=1S/C30H26N8O5/c1-15(39)18-5-7-20-19(12-18)6-8-21(20)35-29(42)27-36-22-9-10-34-38(22)28(37-27)30(43)33-14-17-4-2-3-16(11-17)13-32-24-23(31)25(40)26(24)41/h2-5,7,9-12,21,32H,6,8,13-14,31H2,1H3,(H,33,43)(H,35,42)/t21-/m0/s1. The molecule has 13 heteroatoms. The smallest absolute Gasteiger partial charge is 0.289 e. The summed E-state index contributed by atoms with van der Waals surface area (Å²) in [6.07, 6.45) is 2.85. The van der Waals surface area contributed by atoms with Gasteiger partial charge in [-0.05, 0) is 48.1 Å². The van der Waals surface area contributed by atoms with Crippen molar-refractivity contribution in [2.75, 3.05) is 11.1 Å². The Labute approximate surface area is 243 Å². The summed E-state index contributed by atoms with van der Waals surface area (Å²) < 4.78 is 1.26. The number of nitrogens with one attached hydrogen (secondary N) is 3. The quantitative estimate of drug-likeness (QED) is 0.147. The van der Waals surface area contributed by atoms with Crippen LogP contribution in [0.5, 0.6) is 0 Å². The van der Waals surface area contributed by atoms with Crippen molar-refractivity contribution in [2.24, 2.45) is 0 Å². The van der Waals surface area contributed by atoms with Crippen LogP contribution in [0.15, 0.2) is 64.3 Å². The van der Waals surface area contributed by atoms with Crippen molar-refractivity contribution in [1.29, 1.82) is 0 Å². The lowest BCUT2D eigenvalue weighted by Gasteiger charge is -2.14. The minimum atomic E-state index is -0.691. The second-order valence-corrected chi connectivity index (χ2v) is 10.3. The molecule has 0 radical (unpaired) electrons. The maximum atomic E-state index is 13.2. The Morgan fingerprint density at radius 3 is 2.53 bits per heavy atom. The fourth-order valence-corrected chi connectivity index (χ4v) is 5.17. The van der Waals surface area contributed by atoms with Crippen molar-refractivity contribution >= 4 is 34.6 Å². The number of rotatable bonds is 9. The molecule has 0 aliphatic heterocycles. The molecule has 1 atom stereocenters. The summed E-state index contributed by atoms with van der Waals surface area (Å²) in [6, 6.07) is 14.0. The number of ketones is 1. The van der Waals surface area contributed by atoms with Gasteiger partial charge in [0.05, 0.1) is 12.2 Å². The fraction of sp³-hybridized carbons (Fsp3) is 0.200. The summed E-state index contributed by atoms with van der Waals surface area (Å²) in [7, 11) is 0. The van der Waals surface area contributed by atoms with E-state index in [9.17, 15) is 24.0 Å². The number of hydrogen-bond acceptors (Lipinski definition) is 10. The highest BCUT2D eigenvalue weighted by Crippen LogP contribution is 2.32. The first-order valence-corrected chi connectivity index (χ1v) is 13.5. The van der Waals surface area contributed by atoms with Crippen LogP contribution >= 0.6 is 0 Å². The van der Waals surface area contributed by atoms with Crippen molar-refractivity contribution in [2.45, 2.75) is 38.9 Å². The average Bonchev–Trinajstić information content (AvgIpc) is 3.66. The zero-order valence-electron chi connectivity index (χ0n) is 23.0. The SMILES string of the molecule is CC(=O)c1ccc2c(c1)CC[C@@H]2NC(=O)c1nc(C(=O)NCc2cccc(CNc3c(N)c(=O)c3=O)c2)n2nccc2n1. The van der Waals surface area contributed by atoms with Gasteiger partial charge in [0, 0.05) is 24.7 Å².